The Hall–Kier alpha value is -2.89. The van der Waals surface area contributed by atoms with Crippen LogP contribution >= 0.6 is 0 Å². The average molecular weight is 853 g/mol. The molecule has 1 unspecified atom stereocenters. The summed E-state index contributed by atoms with van der Waals surface area (Å²) >= 11 is 0. The van der Waals surface area contributed by atoms with E-state index in [1.807, 2.05) is 12.2 Å². The van der Waals surface area contributed by atoms with Gasteiger partial charge in [0.15, 0.2) is 6.10 Å². The highest BCUT2D eigenvalue weighted by atomic mass is 16.6. The molecule has 0 amide bonds. The van der Waals surface area contributed by atoms with Crippen LogP contribution in [0.3, 0.4) is 0 Å². The summed E-state index contributed by atoms with van der Waals surface area (Å²) in [6.07, 6.45) is 60.8. The lowest BCUT2D eigenvalue weighted by Gasteiger charge is -2.18. The van der Waals surface area contributed by atoms with Crippen LogP contribution in [-0.4, -0.2) is 37.2 Å². The third-order valence-electron chi connectivity index (χ3n) is 11.0. The number of rotatable bonds is 46. The van der Waals surface area contributed by atoms with Crippen LogP contribution < -0.4 is 0 Å². The molecular formula is C55H96O6. The van der Waals surface area contributed by atoms with Crippen LogP contribution in [0, 0.1) is 0 Å². The van der Waals surface area contributed by atoms with E-state index in [-0.39, 0.29) is 37.5 Å². The van der Waals surface area contributed by atoms with Crippen LogP contribution in [0.4, 0.5) is 0 Å². The van der Waals surface area contributed by atoms with Crippen molar-refractivity contribution >= 4 is 17.9 Å². The molecule has 6 heteroatoms. The normalized spacial score (nSPS) is 12.5. The first kappa shape index (κ1) is 58.1. The van der Waals surface area contributed by atoms with Crippen LogP contribution in [0.1, 0.15) is 252 Å². The number of unbranched alkanes of at least 4 members (excludes halogenated alkanes) is 25. The lowest BCUT2D eigenvalue weighted by atomic mass is 10.0. The van der Waals surface area contributed by atoms with E-state index < -0.39 is 6.10 Å². The molecular weight excluding hydrogens is 757 g/mol. The molecule has 0 aromatic carbocycles. The van der Waals surface area contributed by atoms with Crippen LogP contribution in [0.15, 0.2) is 60.8 Å². The standard InChI is InChI=1S/C55H96O6/c1-4-7-10-13-16-19-22-25-26-27-28-29-31-33-36-39-42-45-48-54(57)60-51-52(50-59-53(56)47-44-41-38-35-32-24-21-18-15-12-9-6-3)61-55(58)49-46-43-40-37-34-30-23-20-17-14-11-8-5-2/h8,11,17-18,20-21,30,34,40,43,52H,4-7,9-10,12-16,19,22-29,31-33,35-39,41-42,44-51H2,1-3H3/b11-8-,20-17-,21-18-,34-30-,43-40-. The van der Waals surface area contributed by atoms with Crippen molar-refractivity contribution in [2.24, 2.45) is 0 Å². The van der Waals surface area contributed by atoms with E-state index in [0.29, 0.717) is 19.3 Å². The van der Waals surface area contributed by atoms with Crippen molar-refractivity contribution in [3.63, 3.8) is 0 Å². The fraction of sp³-hybridized carbons (Fsp3) is 0.764. The summed E-state index contributed by atoms with van der Waals surface area (Å²) in [5, 5.41) is 0. The maximum atomic E-state index is 12.7. The molecule has 0 radical (unpaired) electrons. The molecule has 0 aliphatic heterocycles. The second-order valence-corrected chi connectivity index (χ2v) is 17.1. The average Bonchev–Trinajstić information content (AvgIpc) is 3.26. The van der Waals surface area contributed by atoms with Crippen molar-refractivity contribution in [3.8, 4) is 0 Å². The summed E-state index contributed by atoms with van der Waals surface area (Å²) in [6, 6.07) is 0. The number of ether oxygens (including phenoxy) is 3. The molecule has 0 N–H and O–H groups in total. The number of allylic oxidation sites excluding steroid dienone is 10. The van der Waals surface area contributed by atoms with Gasteiger partial charge in [0.1, 0.15) is 13.2 Å². The summed E-state index contributed by atoms with van der Waals surface area (Å²) in [6.45, 7) is 6.44. The Morgan fingerprint density at radius 1 is 0.344 bits per heavy atom. The zero-order valence-corrected chi connectivity index (χ0v) is 40.2. The van der Waals surface area contributed by atoms with Gasteiger partial charge in [-0.05, 0) is 70.6 Å². The minimum Gasteiger partial charge on any atom is -0.462 e. The Morgan fingerprint density at radius 2 is 0.672 bits per heavy atom. The molecule has 0 bridgehead atoms. The first-order valence-electron chi connectivity index (χ1n) is 25.8. The number of esters is 3. The first-order valence-corrected chi connectivity index (χ1v) is 25.8. The van der Waals surface area contributed by atoms with Crippen LogP contribution in [0.25, 0.3) is 0 Å². The summed E-state index contributed by atoms with van der Waals surface area (Å²) in [4.78, 5) is 37.9. The maximum absolute atomic E-state index is 12.7. The fourth-order valence-corrected chi connectivity index (χ4v) is 7.16. The molecule has 0 saturated carbocycles. The van der Waals surface area contributed by atoms with Gasteiger partial charge in [-0.15, -0.1) is 0 Å². The molecule has 0 saturated heterocycles. The highest BCUT2D eigenvalue weighted by molar-refractivity contribution is 5.71. The molecule has 352 valence electrons. The monoisotopic (exact) mass is 853 g/mol. The summed E-state index contributed by atoms with van der Waals surface area (Å²) in [5.41, 5.74) is 0. The van der Waals surface area contributed by atoms with Crippen LogP contribution in [0.5, 0.6) is 0 Å². The van der Waals surface area contributed by atoms with Gasteiger partial charge >= 0.3 is 17.9 Å². The Kier molecular flexibility index (Phi) is 47.4. The van der Waals surface area contributed by atoms with E-state index in [2.05, 4.69) is 69.4 Å². The molecule has 0 heterocycles. The SMILES string of the molecule is CC/C=C\C/C=C\C/C=C\C/C=C\CCC(=O)OC(COC(=O)CCCCCCC/C=C\CCCCC)COC(=O)CCCCCCCCCCCCCCCCCCCC. The quantitative estimate of drug-likeness (QED) is 0.0263. The van der Waals surface area contributed by atoms with Gasteiger partial charge in [0, 0.05) is 19.3 Å². The van der Waals surface area contributed by atoms with Gasteiger partial charge in [-0.25, -0.2) is 0 Å². The van der Waals surface area contributed by atoms with E-state index in [1.54, 1.807) is 0 Å². The Bertz CT molecular complexity index is 1120. The minimum absolute atomic E-state index is 0.103. The van der Waals surface area contributed by atoms with E-state index in [0.717, 1.165) is 77.0 Å². The van der Waals surface area contributed by atoms with E-state index in [9.17, 15) is 14.4 Å². The molecule has 0 spiro atoms. The molecule has 61 heavy (non-hydrogen) atoms. The molecule has 0 aromatic heterocycles. The molecule has 1 atom stereocenters. The summed E-state index contributed by atoms with van der Waals surface area (Å²) in [5.74, 6) is -0.990. The van der Waals surface area contributed by atoms with E-state index in [4.69, 9.17) is 14.2 Å². The fourth-order valence-electron chi connectivity index (χ4n) is 7.16. The third-order valence-corrected chi connectivity index (χ3v) is 11.0. The lowest BCUT2D eigenvalue weighted by Crippen LogP contribution is -2.30. The van der Waals surface area contributed by atoms with Crippen molar-refractivity contribution in [2.45, 2.75) is 258 Å². The lowest BCUT2D eigenvalue weighted by molar-refractivity contribution is -0.166. The zero-order chi connectivity index (χ0) is 44.4. The second-order valence-electron chi connectivity index (χ2n) is 17.1. The summed E-state index contributed by atoms with van der Waals surface area (Å²) in [7, 11) is 0. The Morgan fingerprint density at radius 3 is 1.10 bits per heavy atom. The van der Waals surface area contributed by atoms with Crippen molar-refractivity contribution < 1.29 is 28.6 Å². The smallest absolute Gasteiger partial charge is 0.306 e. The number of hydrogen-bond acceptors (Lipinski definition) is 6. The van der Waals surface area contributed by atoms with Gasteiger partial charge in [0.05, 0.1) is 0 Å². The third kappa shape index (κ3) is 48.0. The Balaban J connectivity index is 4.40. The van der Waals surface area contributed by atoms with Gasteiger partial charge < -0.3 is 14.2 Å². The molecule has 6 nitrogen and oxygen atoms in total. The highest BCUT2D eigenvalue weighted by Crippen LogP contribution is 2.15. The Labute approximate surface area is 377 Å². The number of hydrogen-bond donors (Lipinski definition) is 0. The van der Waals surface area contributed by atoms with Crippen LogP contribution in [-0.2, 0) is 28.6 Å². The minimum atomic E-state index is -0.812. The summed E-state index contributed by atoms with van der Waals surface area (Å²) < 4.78 is 16.7. The van der Waals surface area contributed by atoms with Crippen molar-refractivity contribution in [1.82, 2.24) is 0 Å². The molecule has 0 fully saturated rings. The topological polar surface area (TPSA) is 78.9 Å². The molecule has 0 aliphatic rings. The highest BCUT2D eigenvalue weighted by Gasteiger charge is 2.19. The predicted molar refractivity (Wildman–Crippen MR) is 261 cm³/mol. The molecule has 0 aliphatic carbocycles. The van der Waals surface area contributed by atoms with Gasteiger partial charge in [-0.2, -0.15) is 0 Å². The molecule has 0 rings (SSSR count). The van der Waals surface area contributed by atoms with E-state index in [1.165, 1.54) is 128 Å². The molecule has 0 aromatic rings. The van der Waals surface area contributed by atoms with E-state index >= 15 is 0 Å². The van der Waals surface area contributed by atoms with Crippen molar-refractivity contribution in [2.75, 3.05) is 13.2 Å². The van der Waals surface area contributed by atoms with Crippen LogP contribution in [0.2, 0.25) is 0 Å². The second kappa shape index (κ2) is 49.8. The predicted octanol–water partition coefficient (Wildman–Crippen LogP) is 16.9. The van der Waals surface area contributed by atoms with Gasteiger partial charge in [-0.3, -0.25) is 14.4 Å². The largest absolute Gasteiger partial charge is 0.462 e. The van der Waals surface area contributed by atoms with Gasteiger partial charge in [0.2, 0.25) is 0 Å². The first-order chi connectivity index (χ1) is 30.0. The van der Waals surface area contributed by atoms with Crippen molar-refractivity contribution in [3.05, 3.63) is 60.8 Å². The number of carbonyl (C=O) groups is 3. The van der Waals surface area contributed by atoms with Gasteiger partial charge in [0.25, 0.3) is 0 Å². The van der Waals surface area contributed by atoms with Crippen molar-refractivity contribution in [1.29, 1.82) is 0 Å². The zero-order valence-electron chi connectivity index (χ0n) is 40.2. The maximum Gasteiger partial charge on any atom is 0.306 e. The number of carbonyl (C=O) groups excluding carboxylic acids is 3. The van der Waals surface area contributed by atoms with Gasteiger partial charge in [-0.1, -0.05) is 223 Å².